The average Bonchev–Trinajstić information content (AvgIpc) is 2.04. The van der Waals surface area contributed by atoms with Crippen LogP contribution in [0.2, 0.25) is 0 Å². The van der Waals surface area contributed by atoms with Gasteiger partial charge in [-0.15, -0.1) is 0 Å². The molecule has 0 N–H and O–H groups in total. The van der Waals surface area contributed by atoms with Crippen molar-refractivity contribution in [2.24, 2.45) is 0 Å². The van der Waals surface area contributed by atoms with Crippen molar-refractivity contribution in [2.45, 2.75) is 6.43 Å². The zero-order valence-corrected chi connectivity index (χ0v) is 6.10. The Balaban J connectivity index is 3.38. The summed E-state index contributed by atoms with van der Waals surface area (Å²) in [6.07, 6.45) is -2.98. The van der Waals surface area contributed by atoms with E-state index in [9.17, 15) is 22.4 Å². The lowest BCUT2D eigenvalue weighted by atomic mass is 10.2. The molecule has 0 unspecified atom stereocenters. The summed E-state index contributed by atoms with van der Waals surface area (Å²) < 4.78 is 49.3. The number of pyridine rings is 1. The van der Waals surface area contributed by atoms with E-state index in [1.54, 1.807) is 0 Å². The van der Waals surface area contributed by atoms with Crippen LogP contribution in [0.4, 0.5) is 17.6 Å². The van der Waals surface area contributed by atoms with Crippen LogP contribution in [0.3, 0.4) is 0 Å². The van der Waals surface area contributed by atoms with Gasteiger partial charge in [-0.2, -0.15) is 0 Å². The van der Waals surface area contributed by atoms with Gasteiger partial charge < -0.3 is 0 Å². The van der Waals surface area contributed by atoms with Crippen molar-refractivity contribution < 1.29 is 22.4 Å². The maximum atomic E-state index is 12.8. The Morgan fingerprint density at radius 2 is 2.00 bits per heavy atom. The largest absolute Gasteiger partial charge is 0.296 e. The predicted octanol–water partition coefficient (Wildman–Crippen LogP) is 2.11. The van der Waals surface area contributed by atoms with Crippen LogP contribution in [0.25, 0.3) is 0 Å². The fourth-order valence-electron chi connectivity index (χ4n) is 0.777. The van der Waals surface area contributed by atoms with E-state index >= 15 is 0 Å². The summed E-state index contributed by atoms with van der Waals surface area (Å²) in [7, 11) is 0. The van der Waals surface area contributed by atoms with Crippen molar-refractivity contribution in [1.29, 1.82) is 0 Å². The van der Waals surface area contributed by atoms with Crippen LogP contribution < -0.4 is 0 Å². The van der Waals surface area contributed by atoms with Crippen LogP contribution in [-0.4, -0.2) is 11.3 Å². The normalized spacial score (nSPS) is 10.5. The average molecular weight is 193 g/mol. The Kier molecular flexibility index (Phi) is 2.60. The number of aromatic nitrogens is 1. The van der Waals surface area contributed by atoms with E-state index in [4.69, 9.17) is 0 Å². The smallest absolute Gasteiger partial charge is 0.269 e. The van der Waals surface area contributed by atoms with Crippen LogP contribution in [-0.2, 0) is 0 Å². The fraction of sp³-hybridized carbons (Fsp3) is 0.143. The molecule has 1 rings (SSSR count). The second-order valence-corrected chi connectivity index (χ2v) is 2.14. The minimum absolute atomic E-state index is 0.0549. The van der Waals surface area contributed by atoms with Crippen molar-refractivity contribution in [3.8, 4) is 0 Å². The number of hydrogen-bond acceptors (Lipinski definition) is 2. The molecule has 0 aliphatic heterocycles. The van der Waals surface area contributed by atoms with Crippen molar-refractivity contribution in [3.05, 3.63) is 29.1 Å². The van der Waals surface area contributed by atoms with Crippen molar-refractivity contribution in [3.63, 3.8) is 0 Å². The van der Waals surface area contributed by atoms with E-state index in [1.165, 1.54) is 0 Å². The number of alkyl halides is 2. The molecule has 0 amide bonds. The molecule has 0 aliphatic carbocycles. The molecule has 70 valence electrons. The van der Waals surface area contributed by atoms with E-state index in [0.717, 1.165) is 0 Å². The summed E-state index contributed by atoms with van der Waals surface area (Å²) in [5, 5.41) is 0. The number of carbonyl (C=O) groups excluding carboxylic acids is 1. The van der Waals surface area contributed by atoms with E-state index in [0.29, 0.717) is 6.20 Å². The van der Waals surface area contributed by atoms with Gasteiger partial charge in [0.2, 0.25) is 0 Å². The minimum atomic E-state index is -3.30. The second-order valence-electron chi connectivity index (χ2n) is 2.14. The third-order valence-electron chi connectivity index (χ3n) is 1.37. The first-order chi connectivity index (χ1) is 6.07. The predicted molar refractivity (Wildman–Crippen MR) is 34.5 cm³/mol. The number of hydrogen-bond donors (Lipinski definition) is 0. The van der Waals surface area contributed by atoms with Gasteiger partial charge >= 0.3 is 0 Å². The molecular formula is C7H3F4NO. The van der Waals surface area contributed by atoms with E-state index in [1.807, 2.05) is 0 Å². The van der Waals surface area contributed by atoms with Crippen molar-refractivity contribution >= 4 is 6.29 Å². The lowest BCUT2D eigenvalue weighted by molar-refractivity contribution is 0.111. The molecule has 0 saturated heterocycles. The molecule has 0 atom stereocenters. The summed E-state index contributed by atoms with van der Waals surface area (Å²) in [5.41, 5.74) is -2.24. The van der Waals surface area contributed by atoms with E-state index in [-0.39, 0.29) is 6.29 Å². The van der Waals surface area contributed by atoms with Gasteiger partial charge in [0.15, 0.2) is 17.9 Å². The summed E-state index contributed by atoms with van der Waals surface area (Å²) in [6, 6.07) is 0. The minimum Gasteiger partial charge on any atom is -0.296 e. The molecule has 0 spiro atoms. The van der Waals surface area contributed by atoms with Gasteiger partial charge in [0.25, 0.3) is 6.43 Å². The first kappa shape index (κ1) is 9.63. The lowest BCUT2D eigenvalue weighted by Crippen LogP contribution is -2.03. The number of carbonyl (C=O) groups is 1. The second kappa shape index (κ2) is 3.51. The Labute approximate surface area is 70.2 Å². The molecule has 0 saturated carbocycles. The Morgan fingerprint density at radius 1 is 1.38 bits per heavy atom. The molecule has 0 aromatic carbocycles. The SMILES string of the molecule is O=Cc1ncc(F)c(C(F)F)c1F. The van der Waals surface area contributed by atoms with Gasteiger partial charge in [0.1, 0.15) is 5.69 Å². The molecule has 0 fully saturated rings. The third kappa shape index (κ3) is 1.66. The highest BCUT2D eigenvalue weighted by molar-refractivity contribution is 5.72. The van der Waals surface area contributed by atoms with Crippen molar-refractivity contribution in [1.82, 2.24) is 4.98 Å². The molecule has 1 heterocycles. The topological polar surface area (TPSA) is 30.0 Å². The highest BCUT2D eigenvalue weighted by Gasteiger charge is 2.22. The Hall–Kier alpha value is -1.46. The maximum absolute atomic E-state index is 12.8. The van der Waals surface area contributed by atoms with Crippen LogP contribution in [0.15, 0.2) is 6.20 Å². The number of aldehydes is 1. The van der Waals surface area contributed by atoms with Crippen LogP contribution in [0.5, 0.6) is 0 Å². The van der Waals surface area contributed by atoms with E-state index < -0.39 is 29.3 Å². The first-order valence-electron chi connectivity index (χ1n) is 3.15. The molecule has 0 aliphatic rings. The van der Waals surface area contributed by atoms with Crippen LogP contribution in [0, 0.1) is 11.6 Å². The van der Waals surface area contributed by atoms with E-state index in [2.05, 4.69) is 4.98 Å². The molecule has 2 nitrogen and oxygen atoms in total. The molecule has 6 heteroatoms. The molecule has 13 heavy (non-hydrogen) atoms. The summed E-state index contributed by atoms with van der Waals surface area (Å²) in [5.74, 6) is -3.07. The number of halogens is 4. The first-order valence-corrected chi connectivity index (χ1v) is 3.15. The summed E-state index contributed by atoms with van der Waals surface area (Å²) >= 11 is 0. The number of nitrogens with zero attached hydrogens (tertiary/aromatic N) is 1. The monoisotopic (exact) mass is 193 g/mol. The van der Waals surface area contributed by atoms with Crippen molar-refractivity contribution in [2.75, 3.05) is 0 Å². The highest BCUT2D eigenvalue weighted by atomic mass is 19.3. The molecular weight excluding hydrogens is 190 g/mol. The fourth-order valence-corrected chi connectivity index (χ4v) is 0.777. The zero-order valence-electron chi connectivity index (χ0n) is 6.10. The maximum Gasteiger partial charge on any atom is 0.269 e. The molecule has 1 aromatic rings. The summed E-state index contributed by atoms with van der Waals surface area (Å²) in [4.78, 5) is 13.0. The Morgan fingerprint density at radius 3 is 2.46 bits per heavy atom. The van der Waals surface area contributed by atoms with Gasteiger partial charge in [0.05, 0.1) is 11.8 Å². The van der Waals surface area contributed by atoms with Gasteiger partial charge in [0, 0.05) is 0 Å². The quantitative estimate of drug-likeness (QED) is 0.531. The summed E-state index contributed by atoms with van der Waals surface area (Å²) in [6.45, 7) is 0. The Bertz CT molecular complexity index is 340. The standard InChI is InChI=1S/C7H3F4NO/c8-3-1-12-4(2-13)6(9)5(3)7(10)11/h1-2,7H. The zero-order chi connectivity index (χ0) is 10.0. The molecule has 0 radical (unpaired) electrons. The lowest BCUT2D eigenvalue weighted by Gasteiger charge is -2.03. The number of rotatable bonds is 2. The van der Waals surface area contributed by atoms with Gasteiger partial charge in [-0.1, -0.05) is 0 Å². The van der Waals surface area contributed by atoms with Crippen LogP contribution >= 0.6 is 0 Å². The van der Waals surface area contributed by atoms with Gasteiger partial charge in [-0.25, -0.2) is 22.5 Å². The third-order valence-corrected chi connectivity index (χ3v) is 1.37. The van der Waals surface area contributed by atoms with Gasteiger partial charge in [-0.3, -0.25) is 4.79 Å². The molecule has 1 aromatic heterocycles. The molecule has 0 bridgehead atoms. The highest BCUT2D eigenvalue weighted by Crippen LogP contribution is 2.25. The van der Waals surface area contributed by atoms with Crippen LogP contribution in [0.1, 0.15) is 22.5 Å². The van der Waals surface area contributed by atoms with Gasteiger partial charge in [-0.05, 0) is 0 Å².